The summed E-state index contributed by atoms with van der Waals surface area (Å²) in [7, 11) is 0. The molecule has 0 aliphatic rings. The van der Waals surface area contributed by atoms with Crippen molar-refractivity contribution in [1.82, 2.24) is 20.2 Å². The number of rotatable bonds is 7. The molecule has 0 saturated heterocycles. The third-order valence-electron chi connectivity index (χ3n) is 4.76. The second kappa shape index (κ2) is 10.8. The molecular weight excluding hydrogens is 496 g/mol. The number of hydrogen-bond acceptors (Lipinski definition) is 5. The second-order valence-electron chi connectivity index (χ2n) is 7.15. The fourth-order valence-corrected chi connectivity index (χ4v) is 4.03. The van der Waals surface area contributed by atoms with Gasteiger partial charge < -0.3 is 0 Å². The van der Waals surface area contributed by atoms with E-state index in [1.807, 2.05) is 28.8 Å². The van der Waals surface area contributed by atoms with Crippen LogP contribution in [0, 0.1) is 5.82 Å². The van der Waals surface area contributed by atoms with Crippen LogP contribution in [0.5, 0.6) is 0 Å². The fraction of sp³-hybridized carbons (Fsp3) is 0.0833. The van der Waals surface area contributed by atoms with E-state index >= 15 is 0 Å². The quantitative estimate of drug-likeness (QED) is 0.186. The molecule has 0 saturated carbocycles. The predicted octanol–water partition coefficient (Wildman–Crippen LogP) is 6.01. The number of nitrogens with one attached hydrogen (secondary N) is 1. The molecule has 0 unspecified atom stereocenters. The zero-order valence-electron chi connectivity index (χ0n) is 17.9. The van der Waals surface area contributed by atoms with Crippen molar-refractivity contribution >= 4 is 46.6 Å². The van der Waals surface area contributed by atoms with Crippen molar-refractivity contribution in [3.05, 3.63) is 94.2 Å². The molecule has 1 heterocycles. The molecule has 0 spiro atoms. The summed E-state index contributed by atoms with van der Waals surface area (Å²) in [4.78, 5) is 12.4. The van der Waals surface area contributed by atoms with E-state index < -0.39 is 0 Å². The standard InChI is InChI=1S/C24H18Cl2FN5OS/c1-15(16-4-10-20(27)11-5-16)28-29-22(33)14-34-24-31-30-23(17-2-6-18(25)7-3-17)32(24)21-12-8-19(26)9-13-21/h2-13H,14H2,1H3,(H,29,33)/b28-15-. The Hall–Kier alpha value is -3.20. The molecular formula is C24H18Cl2FN5OS. The van der Waals surface area contributed by atoms with E-state index in [0.29, 0.717) is 32.3 Å². The highest BCUT2D eigenvalue weighted by Gasteiger charge is 2.17. The van der Waals surface area contributed by atoms with Gasteiger partial charge in [-0.1, -0.05) is 47.1 Å². The maximum Gasteiger partial charge on any atom is 0.250 e. The molecule has 0 bridgehead atoms. The van der Waals surface area contributed by atoms with Crippen LogP contribution in [0.4, 0.5) is 4.39 Å². The van der Waals surface area contributed by atoms with Crippen LogP contribution in [-0.2, 0) is 4.79 Å². The molecule has 0 aliphatic heterocycles. The summed E-state index contributed by atoms with van der Waals surface area (Å²) in [5.41, 5.74) is 5.42. The van der Waals surface area contributed by atoms with E-state index in [1.165, 1.54) is 23.9 Å². The SMILES string of the molecule is C/C(=N/NC(=O)CSc1nnc(-c2ccc(Cl)cc2)n1-c1ccc(Cl)cc1)c1ccc(F)cc1. The van der Waals surface area contributed by atoms with Gasteiger partial charge in [-0.15, -0.1) is 10.2 Å². The van der Waals surface area contributed by atoms with Crippen molar-refractivity contribution in [3.63, 3.8) is 0 Å². The summed E-state index contributed by atoms with van der Waals surface area (Å²) in [6.45, 7) is 1.73. The number of nitrogens with zero attached hydrogens (tertiary/aromatic N) is 4. The van der Waals surface area contributed by atoms with E-state index in [0.717, 1.165) is 11.3 Å². The topological polar surface area (TPSA) is 72.2 Å². The molecule has 0 radical (unpaired) electrons. The minimum absolute atomic E-state index is 0.0620. The Morgan fingerprint density at radius 3 is 2.24 bits per heavy atom. The highest BCUT2D eigenvalue weighted by atomic mass is 35.5. The van der Waals surface area contributed by atoms with Crippen LogP contribution in [0.1, 0.15) is 12.5 Å². The molecule has 10 heteroatoms. The number of halogens is 3. The lowest BCUT2D eigenvalue weighted by molar-refractivity contribution is -0.118. The van der Waals surface area contributed by atoms with Crippen molar-refractivity contribution < 1.29 is 9.18 Å². The van der Waals surface area contributed by atoms with Gasteiger partial charge >= 0.3 is 0 Å². The number of aromatic nitrogens is 3. The first kappa shape index (κ1) is 23.9. The lowest BCUT2D eigenvalue weighted by atomic mass is 10.1. The zero-order chi connectivity index (χ0) is 24.1. The number of thioether (sulfide) groups is 1. The van der Waals surface area contributed by atoms with Crippen LogP contribution in [0.25, 0.3) is 17.1 Å². The summed E-state index contributed by atoms with van der Waals surface area (Å²) in [5, 5.41) is 14.5. The van der Waals surface area contributed by atoms with Crippen molar-refractivity contribution in [3.8, 4) is 17.1 Å². The van der Waals surface area contributed by atoms with Gasteiger partial charge in [0, 0.05) is 21.3 Å². The van der Waals surface area contributed by atoms with E-state index in [1.54, 1.807) is 43.3 Å². The van der Waals surface area contributed by atoms with Crippen LogP contribution in [0.3, 0.4) is 0 Å². The van der Waals surface area contributed by atoms with Gasteiger partial charge in [0.2, 0.25) is 0 Å². The third-order valence-corrected chi connectivity index (χ3v) is 6.20. The van der Waals surface area contributed by atoms with Crippen molar-refractivity contribution in [2.45, 2.75) is 12.1 Å². The van der Waals surface area contributed by atoms with Gasteiger partial charge in [-0.3, -0.25) is 9.36 Å². The van der Waals surface area contributed by atoms with Crippen LogP contribution >= 0.6 is 35.0 Å². The highest BCUT2D eigenvalue weighted by molar-refractivity contribution is 7.99. The minimum Gasteiger partial charge on any atom is -0.272 e. The van der Waals surface area contributed by atoms with Gasteiger partial charge in [0.05, 0.1) is 11.5 Å². The smallest absolute Gasteiger partial charge is 0.250 e. The van der Waals surface area contributed by atoms with E-state index in [9.17, 15) is 9.18 Å². The molecule has 172 valence electrons. The van der Waals surface area contributed by atoms with Gasteiger partial charge in [-0.2, -0.15) is 5.10 Å². The largest absolute Gasteiger partial charge is 0.272 e. The number of carbonyl (C=O) groups is 1. The lowest BCUT2D eigenvalue weighted by Crippen LogP contribution is -2.21. The van der Waals surface area contributed by atoms with E-state index in [-0.39, 0.29) is 17.5 Å². The van der Waals surface area contributed by atoms with E-state index in [2.05, 4.69) is 20.7 Å². The fourth-order valence-electron chi connectivity index (χ4n) is 3.04. The summed E-state index contributed by atoms with van der Waals surface area (Å²) in [6, 6.07) is 20.4. The Bertz CT molecular complexity index is 1320. The number of hydrazone groups is 1. The Labute approximate surface area is 209 Å². The van der Waals surface area contributed by atoms with Crippen molar-refractivity contribution in [2.24, 2.45) is 5.10 Å². The highest BCUT2D eigenvalue weighted by Crippen LogP contribution is 2.29. The second-order valence-corrected chi connectivity index (χ2v) is 8.97. The monoisotopic (exact) mass is 513 g/mol. The third kappa shape index (κ3) is 5.83. The average Bonchev–Trinajstić information content (AvgIpc) is 3.26. The Morgan fingerprint density at radius 1 is 0.971 bits per heavy atom. The molecule has 0 fully saturated rings. The number of benzene rings is 3. The molecule has 1 N–H and O–H groups in total. The summed E-state index contributed by atoms with van der Waals surface area (Å²) in [5.74, 6) is 0.0176. The molecule has 0 atom stereocenters. The molecule has 1 amide bonds. The molecule has 4 aromatic rings. The molecule has 34 heavy (non-hydrogen) atoms. The normalized spacial score (nSPS) is 11.5. The number of hydrogen-bond donors (Lipinski definition) is 1. The van der Waals surface area contributed by atoms with Gasteiger partial charge in [0.1, 0.15) is 5.82 Å². The maximum atomic E-state index is 13.1. The van der Waals surface area contributed by atoms with Gasteiger partial charge in [-0.25, -0.2) is 9.82 Å². The van der Waals surface area contributed by atoms with Crippen LogP contribution < -0.4 is 5.43 Å². The summed E-state index contributed by atoms with van der Waals surface area (Å²) in [6.07, 6.45) is 0. The first-order chi connectivity index (χ1) is 16.4. The van der Waals surface area contributed by atoms with Crippen molar-refractivity contribution in [2.75, 3.05) is 5.75 Å². The predicted molar refractivity (Wildman–Crippen MR) is 134 cm³/mol. The van der Waals surface area contributed by atoms with E-state index in [4.69, 9.17) is 23.2 Å². The Balaban J connectivity index is 1.52. The van der Waals surface area contributed by atoms with Crippen LogP contribution in [-0.4, -0.2) is 32.1 Å². The zero-order valence-corrected chi connectivity index (χ0v) is 20.2. The average molecular weight is 514 g/mol. The Morgan fingerprint density at radius 2 is 1.59 bits per heavy atom. The maximum absolute atomic E-state index is 13.1. The summed E-state index contributed by atoms with van der Waals surface area (Å²) < 4.78 is 14.9. The summed E-state index contributed by atoms with van der Waals surface area (Å²) >= 11 is 13.3. The molecule has 6 nitrogen and oxygen atoms in total. The van der Waals surface area contributed by atoms with Gasteiger partial charge in [0.25, 0.3) is 5.91 Å². The van der Waals surface area contributed by atoms with Gasteiger partial charge in [0.15, 0.2) is 11.0 Å². The molecule has 4 rings (SSSR count). The van der Waals surface area contributed by atoms with Crippen LogP contribution in [0.2, 0.25) is 10.0 Å². The number of amides is 1. The minimum atomic E-state index is -0.334. The molecule has 0 aliphatic carbocycles. The number of carbonyl (C=O) groups excluding carboxylic acids is 1. The first-order valence-electron chi connectivity index (χ1n) is 10.1. The van der Waals surface area contributed by atoms with Crippen molar-refractivity contribution in [1.29, 1.82) is 0 Å². The molecule has 1 aromatic heterocycles. The molecule has 3 aromatic carbocycles. The first-order valence-corrected chi connectivity index (χ1v) is 11.8. The van der Waals surface area contributed by atoms with Gasteiger partial charge in [-0.05, 0) is 73.2 Å². The Kier molecular flexibility index (Phi) is 7.62. The lowest BCUT2D eigenvalue weighted by Gasteiger charge is -2.10. The van der Waals surface area contributed by atoms with Crippen LogP contribution in [0.15, 0.2) is 83.1 Å².